The molecule has 0 aliphatic carbocycles. The first-order valence-electron chi connectivity index (χ1n) is 7.17. The summed E-state index contributed by atoms with van der Waals surface area (Å²) in [5, 5.41) is 7.98. The second kappa shape index (κ2) is 6.72. The summed E-state index contributed by atoms with van der Waals surface area (Å²) in [5.74, 6) is 0.436. The summed E-state index contributed by atoms with van der Waals surface area (Å²) < 4.78 is 6.89. The van der Waals surface area contributed by atoms with Crippen LogP contribution in [0.5, 0.6) is 5.75 Å². The molecule has 3 aromatic rings. The zero-order valence-corrected chi connectivity index (χ0v) is 13.9. The molecule has 6 nitrogen and oxygen atoms in total. The minimum Gasteiger partial charge on any atom is -0.495 e. The van der Waals surface area contributed by atoms with E-state index in [0.717, 1.165) is 5.69 Å². The van der Waals surface area contributed by atoms with Crippen molar-refractivity contribution in [2.75, 3.05) is 19.1 Å². The first-order valence-corrected chi connectivity index (χ1v) is 7.54. The Morgan fingerprint density at radius 2 is 1.79 bits per heavy atom. The van der Waals surface area contributed by atoms with Crippen LogP contribution in [-0.4, -0.2) is 34.8 Å². The maximum atomic E-state index is 12.6. The van der Waals surface area contributed by atoms with Gasteiger partial charge in [0.1, 0.15) is 18.4 Å². The van der Waals surface area contributed by atoms with E-state index in [-0.39, 0.29) is 5.91 Å². The van der Waals surface area contributed by atoms with E-state index < -0.39 is 0 Å². The van der Waals surface area contributed by atoms with Gasteiger partial charge in [-0.05, 0) is 42.5 Å². The Morgan fingerprint density at radius 3 is 2.38 bits per heavy atom. The fourth-order valence-corrected chi connectivity index (χ4v) is 2.54. The number of amides is 1. The summed E-state index contributed by atoms with van der Waals surface area (Å²) in [6.45, 7) is 0. The Hall–Kier alpha value is -2.86. The third kappa shape index (κ3) is 3.09. The molecule has 1 heterocycles. The molecule has 2 aromatic carbocycles. The topological polar surface area (TPSA) is 60.2 Å². The predicted octanol–water partition coefficient (Wildman–Crippen LogP) is 3.21. The summed E-state index contributed by atoms with van der Waals surface area (Å²) in [6, 6.07) is 12.4. The largest absolute Gasteiger partial charge is 0.495 e. The molecule has 0 aliphatic heterocycles. The van der Waals surface area contributed by atoms with E-state index in [4.69, 9.17) is 16.3 Å². The van der Waals surface area contributed by atoms with E-state index in [1.807, 2.05) is 12.1 Å². The second-order valence-corrected chi connectivity index (χ2v) is 5.51. The van der Waals surface area contributed by atoms with Gasteiger partial charge in [0.15, 0.2) is 0 Å². The number of carbonyl (C=O) groups excluding carboxylic acids is 1. The van der Waals surface area contributed by atoms with Crippen LogP contribution in [0.3, 0.4) is 0 Å². The first-order chi connectivity index (χ1) is 11.6. The van der Waals surface area contributed by atoms with Crippen molar-refractivity contribution >= 4 is 23.2 Å². The van der Waals surface area contributed by atoms with Gasteiger partial charge in [-0.15, -0.1) is 10.2 Å². The third-order valence-electron chi connectivity index (χ3n) is 3.66. The SMILES string of the molecule is COc1ccc(N(C)C(=O)c2ccc(-n3cnnc3)cc2)cc1Cl. The molecule has 0 saturated heterocycles. The van der Waals surface area contributed by atoms with Gasteiger partial charge in [0.05, 0.1) is 12.1 Å². The highest BCUT2D eigenvalue weighted by Crippen LogP contribution is 2.29. The van der Waals surface area contributed by atoms with Gasteiger partial charge in [-0.1, -0.05) is 11.6 Å². The fourth-order valence-electron chi connectivity index (χ4n) is 2.29. The molecule has 7 heteroatoms. The fraction of sp³-hybridized carbons (Fsp3) is 0.118. The third-order valence-corrected chi connectivity index (χ3v) is 3.95. The molecular weight excluding hydrogens is 328 g/mol. The van der Waals surface area contributed by atoms with Crippen LogP contribution in [0.1, 0.15) is 10.4 Å². The van der Waals surface area contributed by atoms with Gasteiger partial charge in [0.25, 0.3) is 5.91 Å². The van der Waals surface area contributed by atoms with Crippen molar-refractivity contribution in [2.24, 2.45) is 0 Å². The van der Waals surface area contributed by atoms with Crippen molar-refractivity contribution in [1.29, 1.82) is 0 Å². The Labute approximate surface area is 144 Å². The highest BCUT2D eigenvalue weighted by molar-refractivity contribution is 6.32. The standard InChI is InChI=1S/C17H15ClN4O2/c1-21(14-7-8-16(24-2)15(18)9-14)17(23)12-3-5-13(6-4-12)22-10-19-20-11-22/h3-11H,1-2H3. The lowest BCUT2D eigenvalue weighted by Gasteiger charge is -2.18. The van der Waals surface area contributed by atoms with E-state index in [1.54, 1.807) is 66.6 Å². The number of aromatic nitrogens is 3. The zero-order chi connectivity index (χ0) is 17.1. The number of ether oxygens (including phenoxy) is 1. The van der Waals surface area contributed by atoms with Gasteiger partial charge in [0.2, 0.25) is 0 Å². The van der Waals surface area contributed by atoms with Crippen LogP contribution in [0.15, 0.2) is 55.1 Å². The quantitative estimate of drug-likeness (QED) is 0.730. The number of benzene rings is 2. The highest BCUT2D eigenvalue weighted by atomic mass is 35.5. The van der Waals surface area contributed by atoms with Gasteiger partial charge in [-0.2, -0.15) is 0 Å². The molecule has 24 heavy (non-hydrogen) atoms. The number of hydrogen-bond acceptors (Lipinski definition) is 4. The molecule has 0 radical (unpaired) electrons. The van der Waals surface area contributed by atoms with Crippen LogP contribution in [0.4, 0.5) is 5.69 Å². The molecule has 0 bridgehead atoms. The van der Waals surface area contributed by atoms with Gasteiger partial charge in [0, 0.05) is 24.0 Å². The lowest BCUT2D eigenvalue weighted by Crippen LogP contribution is -2.26. The van der Waals surface area contributed by atoms with Crippen LogP contribution in [0, 0.1) is 0 Å². The molecule has 0 aliphatic rings. The lowest BCUT2D eigenvalue weighted by atomic mass is 10.1. The summed E-state index contributed by atoms with van der Waals surface area (Å²) in [5.41, 5.74) is 2.14. The predicted molar refractivity (Wildman–Crippen MR) is 92.1 cm³/mol. The monoisotopic (exact) mass is 342 g/mol. The van der Waals surface area contributed by atoms with E-state index in [0.29, 0.717) is 22.0 Å². The van der Waals surface area contributed by atoms with Crippen molar-refractivity contribution in [2.45, 2.75) is 0 Å². The van der Waals surface area contributed by atoms with Crippen LogP contribution >= 0.6 is 11.6 Å². The van der Waals surface area contributed by atoms with Crippen molar-refractivity contribution in [1.82, 2.24) is 14.8 Å². The molecule has 0 fully saturated rings. The second-order valence-electron chi connectivity index (χ2n) is 5.10. The Balaban J connectivity index is 1.81. The van der Waals surface area contributed by atoms with E-state index in [2.05, 4.69) is 10.2 Å². The molecule has 122 valence electrons. The molecule has 0 saturated carbocycles. The van der Waals surface area contributed by atoms with Crippen molar-refractivity contribution in [3.8, 4) is 11.4 Å². The molecule has 0 atom stereocenters. The van der Waals surface area contributed by atoms with Crippen LogP contribution in [0.2, 0.25) is 5.02 Å². The van der Waals surface area contributed by atoms with Crippen LogP contribution in [-0.2, 0) is 0 Å². The summed E-state index contributed by atoms with van der Waals surface area (Å²) >= 11 is 6.12. The minimum absolute atomic E-state index is 0.133. The van der Waals surface area contributed by atoms with Crippen LogP contribution in [0.25, 0.3) is 5.69 Å². The van der Waals surface area contributed by atoms with Crippen LogP contribution < -0.4 is 9.64 Å². The van der Waals surface area contributed by atoms with Gasteiger partial charge >= 0.3 is 0 Å². The maximum absolute atomic E-state index is 12.6. The lowest BCUT2D eigenvalue weighted by molar-refractivity contribution is 0.0993. The number of methoxy groups -OCH3 is 1. The maximum Gasteiger partial charge on any atom is 0.258 e. The average molecular weight is 343 g/mol. The van der Waals surface area contributed by atoms with Crippen molar-refractivity contribution in [3.63, 3.8) is 0 Å². The zero-order valence-electron chi connectivity index (χ0n) is 13.2. The molecule has 1 aromatic heterocycles. The molecule has 0 N–H and O–H groups in total. The van der Waals surface area contributed by atoms with Gasteiger partial charge in [-0.3, -0.25) is 9.36 Å². The molecule has 0 unspecified atom stereocenters. The number of carbonyl (C=O) groups is 1. The van der Waals surface area contributed by atoms with Gasteiger partial charge in [-0.25, -0.2) is 0 Å². The van der Waals surface area contributed by atoms with E-state index in [9.17, 15) is 4.79 Å². The average Bonchev–Trinajstić information content (AvgIpc) is 3.15. The molecule has 1 amide bonds. The minimum atomic E-state index is -0.133. The number of hydrogen-bond donors (Lipinski definition) is 0. The summed E-state index contributed by atoms with van der Waals surface area (Å²) in [7, 11) is 3.25. The highest BCUT2D eigenvalue weighted by Gasteiger charge is 2.15. The number of anilines is 1. The number of rotatable bonds is 4. The summed E-state index contributed by atoms with van der Waals surface area (Å²) in [4.78, 5) is 14.2. The Morgan fingerprint density at radius 1 is 1.12 bits per heavy atom. The normalized spacial score (nSPS) is 10.5. The smallest absolute Gasteiger partial charge is 0.258 e. The van der Waals surface area contributed by atoms with Crippen molar-refractivity contribution in [3.05, 3.63) is 65.7 Å². The molecule has 3 rings (SSSR count). The molecular formula is C17H15ClN4O2. The number of halogens is 1. The first kappa shape index (κ1) is 16.0. The summed E-state index contributed by atoms with van der Waals surface area (Å²) in [6.07, 6.45) is 3.20. The Bertz CT molecular complexity index is 848. The van der Waals surface area contributed by atoms with Gasteiger partial charge < -0.3 is 9.64 Å². The van der Waals surface area contributed by atoms with Crippen molar-refractivity contribution < 1.29 is 9.53 Å². The van der Waals surface area contributed by atoms with E-state index >= 15 is 0 Å². The number of nitrogens with zero attached hydrogens (tertiary/aromatic N) is 4. The molecule has 0 spiro atoms. The van der Waals surface area contributed by atoms with E-state index in [1.165, 1.54) is 0 Å². The Kier molecular flexibility index (Phi) is 4.48.